The van der Waals surface area contributed by atoms with Crippen molar-refractivity contribution < 1.29 is 55.8 Å². The van der Waals surface area contributed by atoms with Gasteiger partial charge in [-0.15, -0.1) is 0 Å². The summed E-state index contributed by atoms with van der Waals surface area (Å²) in [6.07, 6.45) is -10.3. The van der Waals surface area contributed by atoms with Gasteiger partial charge < -0.3 is 20.4 Å². The van der Waals surface area contributed by atoms with E-state index in [1.807, 2.05) is 0 Å². The zero-order chi connectivity index (χ0) is 17.9. The van der Waals surface area contributed by atoms with Gasteiger partial charge in [0.15, 0.2) is 11.9 Å². The molecule has 0 aliphatic rings. The molecular formula is C9H13F3O9S. The lowest BCUT2D eigenvalue weighted by Gasteiger charge is -2.27. The predicted octanol–water partition coefficient (Wildman–Crippen LogP) is -2.55. The Hall–Kier alpha value is -1.12. The molecule has 22 heavy (non-hydrogen) atoms. The van der Waals surface area contributed by atoms with Gasteiger partial charge in [0.25, 0.3) is 0 Å². The lowest BCUT2D eigenvalue weighted by Crippen LogP contribution is -2.52. The lowest BCUT2D eigenvalue weighted by molar-refractivity contribution is -0.152. The topological polar surface area (TPSA) is 158 Å². The van der Waals surface area contributed by atoms with Crippen molar-refractivity contribution in [2.24, 2.45) is 0 Å². The lowest BCUT2D eigenvalue weighted by atomic mass is 9.99. The van der Waals surface area contributed by atoms with Gasteiger partial charge >= 0.3 is 15.6 Å². The minimum absolute atomic E-state index is 0.556. The fraction of sp³-hybridized carbons (Fsp3) is 0.778. The van der Waals surface area contributed by atoms with Gasteiger partial charge in [-0.05, 0) is 0 Å². The summed E-state index contributed by atoms with van der Waals surface area (Å²) < 4.78 is 61.8. The Morgan fingerprint density at radius 1 is 1.14 bits per heavy atom. The minimum Gasteiger partial charge on any atom is -0.394 e. The van der Waals surface area contributed by atoms with Gasteiger partial charge in [-0.25, -0.2) is 4.18 Å². The van der Waals surface area contributed by atoms with Crippen LogP contribution < -0.4 is 0 Å². The molecule has 0 bridgehead atoms. The summed E-state index contributed by atoms with van der Waals surface area (Å²) in [7, 11) is -6.37. The quantitative estimate of drug-likeness (QED) is 0.209. The number of carbonyl (C=O) groups is 2. The van der Waals surface area contributed by atoms with Crippen LogP contribution in [0.5, 0.6) is 0 Å². The Kier molecular flexibility index (Phi) is 7.05. The molecule has 0 aromatic heterocycles. The van der Waals surface area contributed by atoms with Gasteiger partial charge in [-0.1, -0.05) is 0 Å². The number of carbonyl (C=O) groups excluding carboxylic acids is 2. The Morgan fingerprint density at radius 3 is 1.91 bits per heavy atom. The van der Waals surface area contributed by atoms with Crippen molar-refractivity contribution in [1.82, 2.24) is 0 Å². The van der Waals surface area contributed by atoms with Crippen molar-refractivity contribution in [3.05, 3.63) is 0 Å². The van der Waals surface area contributed by atoms with Crippen molar-refractivity contribution in [2.75, 3.05) is 6.61 Å². The standard InChI is InChI=1S/C9H13F3O9S/c1-3(14)5(16)8(7(18)6(17)4(15)2-13)21-22(19,20)9(10,11)12/h4,6-8,13,15,17-18H,2H2,1H3/t4-,6-,7+,8-/m1/s1. The Balaban J connectivity index is 5.59. The molecule has 13 heteroatoms. The van der Waals surface area contributed by atoms with Crippen LogP contribution >= 0.6 is 0 Å². The third-order valence-electron chi connectivity index (χ3n) is 2.36. The molecule has 0 spiro atoms. The number of aliphatic hydroxyl groups is 4. The van der Waals surface area contributed by atoms with E-state index in [1.54, 1.807) is 0 Å². The molecule has 4 N–H and O–H groups in total. The number of hydrogen-bond acceptors (Lipinski definition) is 9. The first-order valence-corrected chi connectivity index (χ1v) is 6.86. The van der Waals surface area contributed by atoms with E-state index in [4.69, 9.17) is 10.2 Å². The van der Waals surface area contributed by atoms with E-state index < -0.39 is 58.2 Å². The number of aliphatic hydroxyl groups excluding tert-OH is 4. The third kappa shape index (κ3) is 4.96. The van der Waals surface area contributed by atoms with Crippen LogP contribution in [0.3, 0.4) is 0 Å². The van der Waals surface area contributed by atoms with Crippen LogP contribution in [-0.2, 0) is 23.9 Å². The third-order valence-corrected chi connectivity index (χ3v) is 3.39. The molecule has 9 nitrogen and oxygen atoms in total. The molecule has 0 aliphatic heterocycles. The minimum atomic E-state index is -6.37. The van der Waals surface area contributed by atoms with E-state index in [-0.39, 0.29) is 0 Å². The van der Waals surface area contributed by atoms with Crippen molar-refractivity contribution in [1.29, 1.82) is 0 Å². The molecule has 0 aliphatic carbocycles. The second-order valence-corrected chi connectivity index (χ2v) is 5.63. The molecule has 0 aromatic carbocycles. The number of halogens is 3. The van der Waals surface area contributed by atoms with Crippen LogP contribution in [0.1, 0.15) is 6.92 Å². The molecule has 0 saturated heterocycles. The SMILES string of the molecule is CC(=O)C(=O)[C@@H](OS(=O)(=O)C(F)(F)F)[C@@H](O)[C@H](O)[C@H](O)CO. The van der Waals surface area contributed by atoms with Crippen molar-refractivity contribution >= 4 is 21.7 Å². The van der Waals surface area contributed by atoms with Crippen LogP contribution in [0.2, 0.25) is 0 Å². The second-order valence-electron chi connectivity index (χ2n) is 4.07. The van der Waals surface area contributed by atoms with E-state index in [0.717, 1.165) is 0 Å². The van der Waals surface area contributed by atoms with Gasteiger partial charge in [-0.2, -0.15) is 21.6 Å². The normalized spacial score (nSPS) is 18.4. The molecule has 0 saturated carbocycles. The first-order chi connectivity index (χ1) is 9.76. The Bertz CT molecular complexity index is 515. The highest BCUT2D eigenvalue weighted by Gasteiger charge is 2.52. The van der Waals surface area contributed by atoms with Crippen LogP contribution in [0, 0.1) is 0 Å². The van der Waals surface area contributed by atoms with Crippen molar-refractivity contribution in [2.45, 2.75) is 36.8 Å². The maximum atomic E-state index is 12.2. The first kappa shape index (κ1) is 20.9. The first-order valence-electron chi connectivity index (χ1n) is 5.45. The summed E-state index contributed by atoms with van der Waals surface area (Å²) in [4.78, 5) is 22.3. The molecule has 4 atom stereocenters. The van der Waals surface area contributed by atoms with Crippen molar-refractivity contribution in [3.63, 3.8) is 0 Å². The maximum Gasteiger partial charge on any atom is 0.523 e. The molecule has 0 unspecified atom stereocenters. The van der Waals surface area contributed by atoms with E-state index in [1.165, 1.54) is 0 Å². The summed E-state index contributed by atoms with van der Waals surface area (Å²) >= 11 is 0. The van der Waals surface area contributed by atoms with E-state index in [0.29, 0.717) is 6.92 Å². The highest BCUT2D eigenvalue weighted by Crippen LogP contribution is 2.27. The van der Waals surface area contributed by atoms with Gasteiger partial charge in [-0.3, -0.25) is 9.59 Å². The zero-order valence-corrected chi connectivity index (χ0v) is 11.7. The number of ketones is 2. The number of alkyl halides is 3. The molecule has 0 radical (unpaired) electrons. The van der Waals surface area contributed by atoms with E-state index >= 15 is 0 Å². The van der Waals surface area contributed by atoms with Crippen LogP contribution in [0.15, 0.2) is 0 Å². The molecule has 130 valence electrons. The van der Waals surface area contributed by atoms with Gasteiger partial charge in [0.05, 0.1) is 6.61 Å². The van der Waals surface area contributed by atoms with Gasteiger partial charge in [0.1, 0.15) is 18.3 Å². The summed E-state index contributed by atoms with van der Waals surface area (Å²) in [6.45, 7) is -0.619. The fourth-order valence-corrected chi connectivity index (χ4v) is 1.75. The van der Waals surface area contributed by atoms with E-state index in [2.05, 4.69) is 4.18 Å². The van der Waals surface area contributed by atoms with Gasteiger partial charge in [0.2, 0.25) is 5.78 Å². The molecule has 0 heterocycles. The largest absolute Gasteiger partial charge is 0.523 e. The summed E-state index contributed by atoms with van der Waals surface area (Å²) in [5, 5.41) is 36.4. The van der Waals surface area contributed by atoms with Crippen LogP contribution in [0.4, 0.5) is 13.2 Å². The highest BCUT2D eigenvalue weighted by atomic mass is 32.2. The molecule has 0 fully saturated rings. The zero-order valence-electron chi connectivity index (χ0n) is 10.9. The molecule has 0 rings (SSSR count). The number of hydrogen-bond donors (Lipinski definition) is 4. The Labute approximate surface area is 122 Å². The average molecular weight is 354 g/mol. The molecule has 0 aromatic rings. The van der Waals surface area contributed by atoms with Crippen LogP contribution in [-0.4, -0.2) is 76.9 Å². The van der Waals surface area contributed by atoms with Crippen LogP contribution in [0.25, 0.3) is 0 Å². The smallest absolute Gasteiger partial charge is 0.394 e. The highest BCUT2D eigenvalue weighted by molar-refractivity contribution is 7.87. The average Bonchev–Trinajstić information content (AvgIpc) is 2.40. The Morgan fingerprint density at radius 2 is 1.59 bits per heavy atom. The summed E-state index contributed by atoms with van der Waals surface area (Å²) in [5.74, 6) is -3.35. The van der Waals surface area contributed by atoms with Gasteiger partial charge in [0, 0.05) is 6.92 Å². The maximum absolute atomic E-state index is 12.2. The monoisotopic (exact) mass is 354 g/mol. The second kappa shape index (κ2) is 7.43. The predicted molar refractivity (Wildman–Crippen MR) is 60.6 cm³/mol. The molecular weight excluding hydrogens is 341 g/mol. The number of rotatable bonds is 8. The fourth-order valence-electron chi connectivity index (χ4n) is 1.16. The van der Waals surface area contributed by atoms with Crippen molar-refractivity contribution in [3.8, 4) is 0 Å². The molecule has 0 amide bonds. The summed E-state index contributed by atoms with van der Waals surface area (Å²) in [6, 6.07) is 0. The number of Topliss-reactive ketones (excluding diaryl/α,β-unsaturated/α-hetero) is 2. The van der Waals surface area contributed by atoms with E-state index in [9.17, 15) is 41.4 Å². The summed E-state index contributed by atoms with van der Waals surface area (Å²) in [5.41, 5.74) is -5.96.